The van der Waals surface area contributed by atoms with Crippen molar-refractivity contribution in [3.63, 3.8) is 0 Å². The number of likely N-dealkylation sites (tertiary alicyclic amines) is 1. The Kier molecular flexibility index (Phi) is 6.35. The molecule has 0 bridgehead atoms. The Hall–Kier alpha value is -2.53. The molecule has 1 heterocycles. The fraction of sp³-hybridized carbons (Fsp3) is 0.333. The van der Waals surface area contributed by atoms with Gasteiger partial charge in [-0.15, -0.1) is 0 Å². The molecular weight excluding hydrogens is 364 g/mol. The summed E-state index contributed by atoms with van der Waals surface area (Å²) in [5, 5.41) is 3.60. The maximum atomic E-state index is 12.5. The number of methoxy groups -OCH3 is 1. The van der Waals surface area contributed by atoms with Crippen molar-refractivity contribution in [3.05, 3.63) is 64.7 Å². The van der Waals surface area contributed by atoms with Crippen LogP contribution >= 0.6 is 11.6 Å². The van der Waals surface area contributed by atoms with Gasteiger partial charge in [0.1, 0.15) is 5.75 Å². The summed E-state index contributed by atoms with van der Waals surface area (Å²) in [4.78, 5) is 26.8. The molecule has 0 spiro atoms. The van der Waals surface area contributed by atoms with Gasteiger partial charge in [-0.1, -0.05) is 23.7 Å². The van der Waals surface area contributed by atoms with Gasteiger partial charge in [0.15, 0.2) is 0 Å². The van der Waals surface area contributed by atoms with E-state index in [1.807, 2.05) is 24.3 Å². The Morgan fingerprint density at radius 1 is 1.15 bits per heavy atom. The summed E-state index contributed by atoms with van der Waals surface area (Å²) in [5.74, 6) is 0.735. The molecular formula is C21H23ClN2O3. The zero-order valence-corrected chi connectivity index (χ0v) is 16.0. The van der Waals surface area contributed by atoms with Crippen LogP contribution in [0.1, 0.15) is 28.8 Å². The number of ether oxygens (including phenoxy) is 1. The van der Waals surface area contributed by atoms with E-state index in [1.165, 1.54) is 0 Å². The van der Waals surface area contributed by atoms with Crippen LogP contribution in [0.4, 0.5) is 0 Å². The van der Waals surface area contributed by atoms with Gasteiger partial charge < -0.3 is 15.0 Å². The summed E-state index contributed by atoms with van der Waals surface area (Å²) >= 11 is 5.87. The second-order valence-corrected chi connectivity index (χ2v) is 7.08. The Morgan fingerprint density at radius 2 is 1.85 bits per heavy atom. The molecule has 1 aliphatic heterocycles. The van der Waals surface area contributed by atoms with Crippen LogP contribution in [0.2, 0.25) is 5.02 Å². The largest absolute Gasteiger partial charge is 0.497 e. The van der Waals surface area contributed by atoms with Crippen LogP contribution in [0, 0.1) is 5.92 Å². The number of rotatable bonds is 5. The molecule has 0 radical (unpaired) electrons. The summed E-state index contributed by atoms with van der Waals surface area (Å²) in [6.45, 7) is 1.64. The molecule has 142 valence electrons. The van der Waals surface area contributed by atoms with E-state index < -0.39 is 0 Å². The number of nitrogens with zero attached hydrogens (tertiary/aromatic N) is 1. The molecule has 27 heavy (non-hydrogen) atoms. The van der Waals surface area contributed by atoms with E-state index in [1.54, 1.807) is 36.3 Å². The van der Waals surface area contributed by atoms with Crippen molar-refractivity contribution in [2.75, 3.05) is 20.2 Å². The fourth-order valence-corrected chi connectivity index (χ4v) is 3.36. The summed E-state index contributed by atoms with van der Waals surface area (Å²) in [5.41, 5.74) is 1.62. The zero-order valence-electron chi connectivity index (χ0n) is 15.3. The smallest absolute Gasteiger partial charge is 0.253 e. The van der Waals surface area contributed by atoms with Gasteiger partial charge in [-0.05, 0) is 54.8 Å². The second kappa shape index (κ2) is 8.91. The van der Waals surface area contributed by atoms with E-state index in [0.29, 0.717) is 43.1 Å². The maximum Gasteiger partial charge on any atom is 0.253 e. The van der Waals surface area contributed by atoms with E-state index in [0.717, 1.165) is 11.3 Å². The van der Waals surface area contributed by atoms with Gasteiger partial charge in [0, 0.05) is 36.1 Å². The summed E-state index contributed by atoms with van der Waals surface area (Å²) in [7, 11) is 1.62. The summed E-state index contributed by atoms with van der Waals surface area (Å²) in [6, 6.07) is 14.5. The third kappa shape index (κ3) is 5.01. The lowest BCUT2D eigenvalue weighted by Crippen LogP contribution is -2.42. The highest BCUT2D eigenvalue weighted by molar-refractivity contribution is 6.30. The maximum absolute atomic E-state index is 12.5. The molecule has 2 aromatic rings. The molecule has 0 atom stereocenters. The van der Waals surface area contributed by atoms with Crippen LogP contribution in [-0.2, 0) is 11.3 Å². The van der Waals surface area contributed by atoms with Crippen molar-refractivity contribution >= 4 is 23.4 Å². The first-order chi connectivity index (χ1) is 13.1. The number of amides is 2. The molecule has 0 saturated carbocycles. The van der Waals surface area contributed by atoms with Crippen molar-refractivity contribution in [2.45, 2.75) is 19.4 Å². The lowest BCUT2D eigenvalue weighted by molar-refractivity contribution is -0.126. The summed E-state index contributed by atoms with van der Waals surface area (Å²) < 4.78 is 5.20. The molecule has 6 heteroatoms. The fourth-order valence-electron chi connectivity index (χ4n) is 3.24. The van der Waals surface area contributed by atoms with Gasteiger partial charge in [-0.3, -0.25) is 9.59 Å². The number of carbonyl (C=O) groups is 2. The van der Waals surface area contributed by atoms with E-state index in [2.05, 4.69) is 5.32 Å². The molecule has 5 nitrogen and oxygen atoms in total. The predicted molar refractivity (Wildman–Crippen MR) is 105 cm³/mol. The highest BCUT2D eigenvalue weighted by Gasteiger charge is 2.27. The second-order valence-electron chi connectivity index (χ2n) is 6.64. The average Bonchev–Trinajstić information content (AvgIpc) is 2.72. The minimum atomic E-state index is -0.0649. The van der Waals surface area contributed by atoms with Gasteiger partial charge >= 0.3 is 0 Å². The van der Waals surface area contributed by atoms with E-state index in [4.69, 9.17) is 16.3 Å². The van der Waals surface area contributed by atoms with Gasteiger partial charge in [-0.2, -0.15) is 0 Å². The molecule has 1 N–H and O–H groups in total. The highest BCUT2D eigenvalue weighted by Crippen LogP contribution is 2.20. The van der Waals surface area contributed by atoms with Gasteiger partial charge in [0.05, 0.1) is 7.11 Å². The van der Waals surface area contributed by atoms with Crippen LogP contribution in [0.25, 0.3) is 0 Å². The minimum absolute atomic E-state index is 0.0121. The molecule has 1 aliphatic rings. The molecule has 3 rings (SSSR count). The van der Waals surface area contributed by atoms with Gasteiger partial charge in [0.25, 0.3) is 5.91 Å². The lowest BCUT2D eigenvalue weighted by atomic mass is 9.95. The number of hydrogen-bond donors (Lipinski definition) is 1. The molecule has 1 fully saturated rings. The Bertz CT molecular complexity index is 799. The van der Waals surface area contributed by atoms with E-state index >= 15 is 0 Å². The Balaban J connectivity index is 1.48. The van der Waals surface area contributed by atoms with Crippen molar-refractivity contribution in [2.24, 2.45) is 5.92 Å². The first-order valence-electron chi connectivity index (χ1n) is 9.02. The number of benzene rings is 2. The third-order valence-corrected chi connectivity index (χ3v) is 5.10. The topological polar surface area (TPSA) is 58.6 Å². The molecule has 1 saturated heterocycles. The Labute approximate surface area is 164 Å². The van der Waals surface area contributed by atoms with E-state index in [9.17, 15) is 9.59 Å². The molecule has 2 amide bonds. The number of piperidine rings is 1. The molecule has 0 unspecified atom stereocenters. The monoisotopic (exact) mass is 386 g/mol. The number of hydrogen-bond acceptors (Lipinski definition) is 3. The van der Waals surface area contributed by atoms with Crippen LogP contribution in [0.5, 0.6) is 5.75 Å². The van der Waals surface area contributed by atoms with Crippen LogP contribution in [0.15, 0.2) is 48.5 Å². The number of carbonyl (C=O) groups excluding carboxylic acids is 2. The van der Waals surface area contributed by atoms with Crippen LogP contribution < -0.4 is 10.1 Å². The average molecular weight is 387 g/mol. The molecule has 0 aromatic heterocycles. The third-order valence-electron chi connectivity index (χ3n) is 4.85. The summed E-state index contributed by atoms with van der Waals surface area (Å²) in [6.07, 6.45) is 1.34. The molecule has 0 aliphatic carbocycles. The normalized spacial score (nSPS) is 14.7. The van der Waals surface area contributed by atoms with Crippen LogP contribution in [0.3, 0.4) is 0 Å². The first-order valence-corrected chi connectivity index (χ1v) is 9.40. The van der Waals surface area contributed by atoms with Gasteiger partial charge in [0.2, 0.25) is 5.91 Å². The van der Waals surface area contributed by atoms with Crippen molar-refractivity contribution < 1.29 is 14.3 Å². The van der Waals surface area contributed by atoms with Gasteiger partial charge in [-0.25, -0.2) is 0 Å². The van der Waals surface area contributed by atoms with E-state index in [-0.39, 0.29) is 17.7 Å². The number of halogens is 1. The molecule has 2 aromatic carbocycles. The first kappa shape index (κ1) is 19.2. The minimum Gasteiger partial charge on any atom is -0.497 e. The SMILES string of the molecule is COc1cccc(CNC(=O)C2CCN(C(=O)c3ccc(Cl)cc3)CC2)c1. The van der Waals surface area contributed by atoms with Crippen molar-refractivity contribution in [3.8, 4) is 5.75 Å². The zero-order chi connectivity index (χ0) is 19.2. The van der Waals surface area contributed by atoms with Crippen molar-refractivity contribution in [1.82, 2.24) is 10.2 Å². The lowest BCUT2D eigenvalue weighted by Gasteiger charge is -2.31. The highest BCUT2D eigenvalue weighted by atomic mass is 35.5. The quantitative estimate of drug-likeness (QED) is 0.855. The van der Waals surface area contributed by atoms with Crippen molar-refractivity contribution in [1.29, 1.82) is 0 Å². The Morgan fingerprint density at radius 3 is 2.52 bits per heavy atom. The van der Waals surface area contributed by atoms with Crippen LogP contribution in [-0.4, -0.2) is 36.9 Å². The predicted octanol–water partition coefficient (Wildman–Crippen LogP) is 3.52. The standard InChI is InChI=1S/C21H23ClN2O3/c1-27-19-4-2-3-15(13-19)14-23-20(25)16-9-11-24(12-10-16)21(26)17-5-7-18(22)8-6-17/h2-8,13,16H,9-12,14H2,1H3,(H,23,25). The number of nitrogens with one attached hydrogen (secondary N) is 1.